The van der Waals surface area contributed by atoms with Crippen LogP contribution >= 0.6 is 0 Å². The van der Waals surface area contributed by atoms with Gasteiger partial charge in [0.2, 0.25) is 0 Å². The Morgan fingerprint density at radius 3 is 2.63 bits per heavy atom. The molecule has 1 aromatic carbocycles. The van der Waals surface area contributed by atoms with Gasteiger partial charge in [0.05, 0.1) is 14.2 Å². The van der Waals surface area contributed by atoms with E-state index in [1.165, 1.54) is 36.0 Å². The highest BCUT2D eigenvalue weighted by Crippen LogP contribution is 2.43. The van der Waals surface area contributed by atoms with Crippen molar-refractivity contribution in [2.75, 3.05) is 27.3 Å². The molecule has 1 aromatic rings. The average molecular weight is 261 g/mol. The zero-order valence-corrected chi connectivity index (χ0v) is 11.9. The molecule has 1 aliphatic carbocycles. The number of rotatable bonds is 3. The summed E-state index contributed by atoms with van der Waals surface area (Å²) in [5, 5.41) is 3.49. The van der Waals surface area contributed by atoms with Gasteiger partial charge in [-0.1, -0.05) is 0 Å². The van der Waals surface area contributed by atoms with Crippen LogP contribution in [0.4, 0.5) is 0 Å². The maximum atomic E-state index is 5.76. The van der Waals surface area contributed by atoms with Crippen LogP contribution < -0.4 is 14.8 Å². The van der Waals surface area contributed by atoms with Crippen LogP contribution in [0.1, 0.15) is 41.9 Å². The second-order valence-corrected chi connectivity index (χ2v) is 5.56. The Kier molecular flexibility index (Phi) is 3.65. The Hall–Kier alpha value is -1.22. The third-order valence-electron chi connectivity index (χ3n) is 4.50. The molecule has 0 bridgehead atoms. The molecule has 3 heteroatoms. The van der Waals surface area contributed by atoms with Crippen LogP contribution in [0.2, 0.25) is 0 Å². The highest BCUT2D eigenvalue weighted by Gasteiger charge is 2.27. The molecule has 2 aliphatic rings. The predicted molar refractivity (Wildman–Crippen MR) is 76.4 cm³/mol. The fraction of sp³-hybridized carbons (Fsp3) is 0.625. The van der Waals surface area contributed by atoms with E-state index in [4.69, 9.17) is 9.47 Å². The molecule has 0 amide bonds. The molecule has 1 fully saturated rings. The van der Waals surface area contributed by atoms with Crippen LogP contribution in [0.5, 0.6) is 11.5 Å². The number of piperidine rings is 1. The summed E-state index contributed by atoms with van der Waals surface area (Å²) in [6.07, 6.45) is 5.95. The van der Waals surface area contributed by atoms with Gasteiger partial charge in [0, 0.05) is 29.2 Å². The molecule has 19 heavy (non-hydrogen) atoms. The summed E-state index contributed by atoms with van der Waals surface area (Å²) in [4.78, 5) is 0. The maximum absolute atomic E-state index is 5.76. The first-order chi connectivity index (χ1) is 9.35. The minimum atomic E-state index is 0.559. The number of ether oxygens (including phenoxy) is 2. The Balaban J connectivity index is 2.07. The fourth-order valence-electron chi connectivity index (χ4n) is 3.58. The molecule has 3 nitrogen and oxygen atoms in total. The van der Waals surface area contributed by atoms with Crippen LogP contribution in [0.15, 0.2) is 6.07 Å². The van der Waals surface area contributed by atoms with Gasteiger partial charge in [0.1, 0.15) is 11.5 Å². The van der Waals surface area contributed by atoms with E-state index in [-0.39, 0.29) is 0 Å². The number of nitrogens with one attached hydrogen (secondary N) is 1. The molecule has 1 heterocycles. The van der Waals surface area contributed by atoms with Gasteiger partial charge in [0.25, 0.3) is 0 Å². The molecule has 3 rings (SSSR count). The van der Waals surface area contributed by atoms with Crippen LogP contribution in [-0.2, 0) is 12.8 Å². The SMILES string of the molecule is COc1cc(C2CCCNC2)c(OC)c2c1CCC2. The molecule has 1 aliphatic heterocycles. The number of hydrogen-bond acceptors (Lipinski definition) is 3. The van der Waals surface area contributed by atoms with Gasteiger partial charge in [-0.15, -0.1) is 0 Å². The van der Waals surface area contributed by atoms with Gasteiger partial charge >= 0.3 is 0 Å². The molecule has 1 N–H and O–H groups in total. The zero-order chi connectivity index (χ0) is 13.2. The first-order valence-electron chi connectivity index (χ1n) is 7.32. The third kappa shape index (κ3) is 2.20. The summed E-state index contributed by atoms with van der Waals surface area (Å²) in [6, 6.07) is 2.22. The van der Waals surface area contributed by atoms with Crippen LogP contribution in [0.25, 0.3) is 0 Å². The van der Waals surface area contributed by atoms with E-state index in [0.717, 1.165) is 37.4 Å². The van der Waals surface area contributed by atoms with E-state index in [1.807, 2.05) is 0 Å². The van der Waals surface area contributed by atoms with Crippen molar-refractivity contribution in [2.24, 2.45) is 0 Å². The molecular formula is C16H23NO2. The summed E-state index contributed by atoms with van der Waals surface area (Å²) in [5.74, 6) is 2.75. The lowest BCUT2D eigenvalue weighted by Gasteiger charge is -2.26. The molecule has 0 radical (unpaired) electrons. The van der Waals surface area contributed by atoms with Crippen molar-refractivity contribution in [1.82, 2.24) is 5.32 Å². The van der Waals surface area contributed by atoms with Crippen LogP contribution in [-0.4, -0.2) is 27.3 Å². The van der Waals surface area contributed by atoms with Gasteiger partial charge in [-0.25, -0.2) is 0 Å². The molecule has 1 unspecified atom stereocenters. The Morgan fingerprint density at radius 1 is 1.11 bits per heavy atom. The van der Waals surface area contributed by atoms with Gasteiger partial charge < -0.3 is 14.8 Å². The normalized spacial score (nSPS) is 22.1. The lowest BCUT2D eigenvalue weighted by atomic mass is 9.88. The quantitative estimate of drug-likeness (QED) is 0.907. The summed E-state index contributed by atoms with van der Waals surface area (Å²) in [5.41, 5.74) is 4.10. The topological polar surface area (TPSA) is 30.5 Å². The number of methoxy groups -OCH3 is 2. The van der Waals surface area contributed by atoms with E-state index < -0.39 is 0 Å². The Labute approximate surface area is 115 Å². The van der Waals surface area contributed by atoms with E-state index in [2.05, 4.69) is 11.4 Å². The van der Waals surface area contributed by atoms with Crippen molar-refractivity contribution in [3.8, 4) is 11.5 Å². The molecule has 0 spiro atoms. The average Bonchev–Trinajstić information content (AvgIpc) is 2.95. The van der Waals surface area contributed by atoms with Crippen molar-refractivity contribution < 1.29 is 9.47 Å². The van der Waals surface area contributed by atoms with Gasteiger partial charge in [-0.3, -0.25) is 0 Å². The van der Waals surface area contributed by atoms with Gasteiger partial charge in [-0.2, -0.15) is 0 Å². The first-order valence-corrected chi connectivity index (χ1v) is 7.32. The third-order valence-corrected chi connectivity index (χ3v) is 4.50. The van der Waals surface area contributed by atoms with E-state index >= 15 is 0 Å². The summed E-state index contributed by atoms with van der Waals surface area (Å²) < 4.78 is 11.4. The highest BCUT2D eigenvalue weighted by molar-refractivity contribution is 5.57. The standard InChI is InChI=1S/C16H23NO2/c1-18-15-9-14(11-5-4-8-17-10-11)16(19-2)13-7-3-6-12(13)15/h9,11,17H,3-8,10H2,1-2H3. The van der Waals surface area contributed by atoms with E-state index in [1.54, 1.807) is 14.2 Å². The van der Waals surface area contributed by atoms with Crippen molar-refractivity contribution in [2.45, 2.75) is 38.0 Å². The molecule has 0 saturated carbocycles. The Morgan fingerprint density at radius 2 is 1.95 bits per heavy atom. The fourth-order valence-corrected chi connectivity index (χ4v) is 3.58. The van der Waals surface area contributed by atoms with Gasteiger partial charge in [-0.05, 0) is 44.7 Å². The number of benzene rings is 1. The predicted octanol–water partition coefficient (Wildman–Crippen LogP) is 2.66. The van der Waals surface area contributed by atoms with Crippen molar-refractivity contribution in [3.63, 3.8) is 0 Å². The maximum Gasteiger partial charge on any atom is 0.126 e. The highest BCUT2D eigenvalue weighted by atomic mass is 16.5. The number of fused-ring (bicyclic) bond motifs is 1. The van der Waals surface area contributed by atoms with Crippen LogP contribution in [0, 0.1) is 0 Å². The zero-order valence-electron chi connectivity index (χ0n) is 11.9. The molecular weight excluding hydrogens is 238 g/mol. The smallest absolute Gasteiger partial charge is 0.126 e. The lowest BCUT2D eigenvalue weighted by Crippen LogP contribution is -2.28. The van der Waals surface area contributed by atoms with Crippen molar-refractivity contribution >= 4 is 0 Å². The van der Waals surface area contributed by atoms with Gasteiger partial charge in [0.15, 0.2) is 0 Å². The van der Waals surface area contributed by atoms with Crippen molar-refractivity contribution in [1.29, 1.82) is 0 Å². The molecule has 0 aromatic heterocycles. The minimum absolute atomic E-state index is 0.559. The molecule has 1 saturated heterocycles. The minimum Gasteiger partial charge on any atom is -0.496 e. The van der Waals surface area contributed by atoms with Crippen LogP contribution in [0.3, 0.4) is 0 Å². The molecule has 104 valence electrons. The Bertz CT molecular complexity index is 464. The second kappa shape index (κ2) is 5.41. The molecule has 1 atom stereocenters. The summed E-state index contributed by atoms with van der Waals surface area (Å²) in [7, 11) is 3.59. The van der Waals surface area contributed by atoms with E-state index in [0.29, 0.717) is 5.92 Å². The first kappa shape index (κ1) is 12.8. The van der Waals surface area contributed by atoms with E-state index in [9.17, 15) is 0 Å². The van der Waals surface area contributed by atoms with Crippen molar-refractivity contribution in [3.05, 3.63) is 22.8 Å². The summed E-state index contributed by atoms with van der Waals surface area (Å²) >= 11 is 0. The summed E-state index contributed by atoms with van der Waals surface area (Å²) in [6.45, 7) is 2.19. The second-order valence-electron chi connectivity index (χ2n) is 5.56. The lowest BCUT2D eigenvalue weighted by molar-refractivity contribution is 0.379. The number of hydrogen-bond donors (Lipinski definition) is 1. The largest absolute Gasteiger partial charge is 0.496 e. The monoisotopic (exact) mass is 261 g/mol.